The SMILES string of the molecule is Cc1cccnc1-n1c(SCC(=O)OC(C)C)nc2ccccc2c1=O. The van der Waals surface area contributed by atoms with Crippen molar-refractivity contribution >= 4 is 28.6 Å². The van der Waals surface area contributed by atoms with E-state index in [1.807, 2.05) is 25.1 Å². The van der Waals surface area contributed by atoms with Gasteiger partial charge in [-0.3, -0.25) is 9.59 Å². The molecule has 0 amide bonds. The van der Waals surface area contributed by atoms with Crippen LogP contribution in [0.5, 0.6) is 0 Å². The number of pyridine rings is 1. The molecule has 0 radical (unpaired) electrons. The Kier molecular flexibility index (Phi) is 5.37. The van der Waals surface area contributed by atoms with E-state index in [-0.39, 0.29) is 23.4 Å². The van der Waals surface area contributed by atoms with E-state index in [2.05, 4.69) is 9.97 Å². The number of rotatable bonds is 5. The maximum absolute atomic E-state index is 13.1. The van der Waals surface area contributed by atoms with Crippen LogP contribution in [-0.2, 0) is 9.53 Å². The largest absolute Gasteiger partial charge is 0.462 e. The molecule has 26 heavy (non-hydrogen) atoms. The van der Waals surface area contributed by atoms with Crippen LogP contribution in [0, 0.1) is 6.92 Å². The third kappa shape index (κ3) is 3.77. The summed E-state index contributed by atoms with van der Waals surface area (Å²) < 4.78 is 6.63. The van der Waals surface area contributed by atoms with Gasteiger partial charge in [-0.1, -0.05) is 30.0 Å². The molecule has 0 unspecified atom stereocenters. The molecule has 0 saturated heterocycles. The van der Waals surface area contributed by atoms with E-state index in [1.165, 1.54) is 16.3 Å². The molecule has 0 atom stereocenters. The van der Waals surface area contributed by atoms with Gasteiger partial charge in [0.2, 0.25) is 0 Å². The van der Waals surface area contributed by atoms with Crippen molar-refractivity contribution in [1.29, 1.82) is 0 Å². The average Bonchev–Trinajstić information content (AvgIpc) is 2.60. The highest BCUT2D eigenvalue weighted by Gasteiger charge is 2.17. The average molecular weight is 369 g/mol. The maximum Gasteiger partial charge on any atom is 0.316 e. The lowest BCUT2D eigenvalue weighted by atomic mass is 10.2. The van der Waals surface area contributed by atoms with Gasteiger partial charge in [-0.2, -0.15) is 0 Å². The molecular formula is C19H19N3O3S. The molecule has 0 N–H and O–H groups in total. The first-order valence-corrected chi connectivity index (χ1v) is 9.22. The second-order valence-electron chi connectivity index (χ2n) is 6.02. The van der Waals surface area contributed by atoms with Gasteiger partial charge in [0.1, 0.15) is 5.82 Å². The van der Waals surface area contributed by atoms with Crippen molar-refractivity contribution in [2.24, 2.45) is 0 Å². The van der Waals surface area contributed by atoms with Crippen molar-refractivity contribution in [1.82, 2.24) is 14.5 Å². The molecule has 6 nitrogen and oxygen atoms in total. The zero-order chi connectivity index (χ0) is 18.7. The summed E-state index contributed by atoms with van der Waals surface area (Å²) in [6.07, 6.45) is 1.44. The summed E-state index contributed by atoms with van der Waals surface area (Å²) in [7, 11) is 0. The van der Waals surface area contributed by atoms with Gasteiger partial charge in [-0.05, 0) is 44.5 Å². The fraction of sp³-hybridized carbons (Fsp3) is 0.263. The third-order valence-electron chi connectivity index (χ3n) is 3.62. The molecule has 0 spiro atoms. The van der Waals surface area contributed by atoms with Crippen molar-refractivity contribution in [3.8, 4) is 5.82 Å². The molecule has 1 aromatic carbocycles. The lowest BCUT2D eigenvalue weighted by Gasteiger charge is -2.14. The van der Waals surface area contributed by atoms with E-state index in [0.29, 0.717) is 21.9 Å². The standard InChI is InChI=1S/C19H19N3O3S/c1-12(2)25-16(23)11-26-19-21-15-9-5-4-8-14(15)18(24)22(19)17-13(3)7-6-10-20-17/h4-10,12H,11H2,1-3H3. The summed E-state index contributed by atoms with van der Waals surface area (Å²) in [5.41, 5.74) is 1.22. The summed E-state index contributed by atoms with van der Waals surface area (Å²) in [5.74, 6) is 0.224. The first-order valence-electron chi connectivity index (χ1n) is 8.23. The Labute approximate surface area is 155 Å². The predicted molar refractivity (Wildman–Crippen MR) is 102 cm³/mol. The molecule has 7 heteroatoms. The highest BCUT2D eigenvalue weighted by atomic mass is 32.2. The number of hydrogen-bond acceptors (Lipinski definition) is 6. The number of benzene rings is 1. The Morgan fingerprint density at radius 3 is 2.73 bits per heavy atom. The van der Waals surface area contributed by atoms with Crippen LogP contribution in [0.25, 0.3) is 16.7 Å². The number of nitrogens with zero attached hydrogens (tertiary/aromatic N) is 3. The number of fused-ring (bicyclic) bond motifs is 1. The Morgan fingerprint density at radius 2 is 2.00 bits per heavy atom. The van der Waals surface area contributed by atoms with Gasteiger partial charge in [0, 0.05) is 6.20 Å². The fourth-order valence-electron chi connectivity index (χ4n) is 2.53. The van der Waals surface area contributed by atoms with Crippen LogP contribution in [-0.4, -0.2) is 32.4 Å². The first-order chi connectivity index (χ1) is 12.5. The molecule has 2 heterocycles. The number of carbonyl (C=O) groups excluding carboxylic acids is 1. The molecule has 3 aromatic rings. The first kappa shape index (κ1) is 18.1. The van der Waals surface area contributed by atoms with Crippen LogP contribution < -0.4 is 5.56 Å². The van der Waals surface area contributed by atoms with Gasteiger partial charge < -0.3 is 4.74 Å². The molecule has 134 valence electrons. The van der Waals surface area contributed by atoms with Crippen LogP contribution in [0.4, 0.5) is 0 Å². The normalized spacial score (nSPS) is 11.1. The summed E-state index contributed by atoms with van der Waals surface area (Å²) in [6, 6.07) is 10.8. The molecule has 0 saturated carbocycles. The zero-order valence-electron chi connectivity index (χ0n) is 14.8. The van der Waals surface area contributed by atoms with E-state index in [9.17, 15) is 9.59 Å². The topological polar surface area (TPSA) is 74.1 Å². The molecule has 0 aliphatic heterocycles. The number of thioether (sulfide) groups is 1. The fourth-order valence-corrected chi connectivity index (χ4v) is 3.30. The summed E-state index contributed by atoms with van der Waals surface area (Å²) in [4.78, 5) is 33.9. The van der Waals surface area contributed by atoms with Crippen LogP contribution in [0.2, 0.25) is 0 Å². The van der Waals surface area contributed by atoms with Crippen molar-refractivity contribution < 1.29 is 9.53 Å². The number of ether oxygens (including phenoxy) is 1. The number of hydrogen-bond donors (Lipinski definition) is 0. The quantitative estimate of drug-likeness (QED) is 0.391. The smallest absolute Gasteiger partial charge is 0.316 e. The number of carbonyl (C=O) groups is 1. The lowest BCUT2D eigenvalue weighted by Crippen LogP contribution is -2.24. The molecule has 0 aliphatic carbocycles. The second kappa shape index (κ2) is 7.70. The summed E-state index contributed by atoms with van der Waals surface area (Å²) in [6.45, 7) is 5.47. The Balaban J connectivity index is 2.11. The minimum atomic E-state index is -0.350. The maximum atomic E-state index is 13.1. The van der Waals surface area contributed by atoms with Gasteiger partial charge in [0.15, 0.2) is 5.16 Å². The van der Waals surface area contributed by atoms with E-state index in [0.717, 1.165) is 5.56 Å². The Hall–Kier alpha value is -2.67. The molecule has 0 bridgehead atoms. The van der Waals surface area contributed by atoms with Gasteiger partial charge in [-0.15, -0.1) is 0 Å². The molecular weight excluding hydrogens is 350 g/mol. The van der Waals surface area contributed by atoms with E-state index < -0.39 is 0 Å². The molecule has 3 rings (SSSR count). The third-order valence-corrected chi connectivity index (χ3v) is 4.54. The monoisotopic (exact) mass is 369 g/mol. The summed E-state index contributed by atoms with van der Waals surface area (Å²) in [5, 5.41) is 0.919. The highest BCUT2D eigenvalue weighted by molar-refractivity contribution is 7.99. The Bertz CT molecular complexity index is 1010. The van der Waals surface area contributed by atoms with E-state index in [1.54, 1.807) is 38.2 Å². The highest BCUT2D eigenvalue weighted by Crippen LogP contribution is 2.22. The van der Waals surface area contributed by atoms with Gasteiger partial charge in [0.25, 0.3) is 5.56 Å². The second-order valence-corrected chi connectivity index (χ2v) is 6.97. The van der Waals surface area contributed by atoms with Crippen LogP contribution in [0.3, 0.4) is 0 Å². The van der Waals surface area contributed by atoms with E-state index >= 15 is 0 Å². The van der Waals surface area contributed by atoms with Crippen molar-refractivity contribution in [2.75, 3.05) is 5.75 Å². The zero-order valence-corrected chi connectivity index (χ0v) is 15.6. The van der Waals surface area contributed by atoms with Crippen LogP contribution in [0.1, 0.15) is 19.4 Å². The number of aromatic nitrogens is 3. The van der Waals surface area contributed by atoms with Gasteiger partial charge in [0.05, 0.1) is 22.8 Å². The minimum absolute atomic E-state index is 0.0643. The Morgan fingerprint density at radius 1 is 1.23 bits per heavy atom. The number of aryl methyl sites for hydroxylation is 1. The van der Waals surface area contributed by atoms with E-state index in [4.69, 9.17) is 4.74 Å². The van der Waals surface area contributed by atoms with Gasteiger partial charge in [-0.25, -0.2) is 14.5 Å². The minimum Gasteiger partial charge on any atom is -0.462 e. The van der Waals surface area contributed by atoms with Crippen LogP contribution >= 0.6 is 11.8 Å². The molecule has 0 fully saturated rings. The van der Waals surface area contributed by atoms with Crippen molar-refractivity contribution in [3.05, 3.63) is 58.5 Å². The van der Waals surface area contributed by atoms with Gasteiger partial charge >= 0.3 is 5.97 Å². The molecule has 0 aliphatic rings. The predicted octanol–water partition coefficient (Wildman–Crippen LogP) is 3.13. The van der Waals surface area contributed by atoms with Crippen molar-refractivity contribution in [2.45, 2.75) is 32.0 Å². The van der Waals surface area contributed by atoms with Crippen LogP contribution in [0.15, 0.2) is 52.5 Å². The van der Waals surface area contributed by atoms with Crippen molar-refractivity contribution in [3.63, 3.8) is 0 Å². The molecule has 2 aromatic heterocycles. The number of para-hydroxylation sites is 1. The summed E-state index contributed by atoms with van der Waals surface area (Å²) >= 11 is 1.17. The number of esters is 1. The lowest BCUT2D eigenvalue weighted by molar-refractivity contribution is -0.144.